The topological polar surface area (TPSA) is 115 Å². The Hall–Kier alpha value is -3.80. The van der Waals surface area contributed by atoms with E-state index in [4.69, 9.17) is 31.2 Å². The lowest BCUT2D eigenvalue weighted by Crippen LogP contribution is -2.39. The Balaban J connectivity index is 1.56. The zero-order chi connectivity index (χ0) is 29.1. The summed E-state index contributed by atoms with van der Waals surface area (Å²) in [6, 6.07) is 24.9. The van der Waals surface area contributed by atoms with Crippen LogP contribution in [0.5, 0.6) is 11.5 Å². The lowest BCUT2D eigenvalue weighted by atomic mass is 9.80. The van der Waals surface area contributed by atoms with E-state index in [2.05, 4.69) is 4.98 Å². The molecule has 0 amide bonds. The van der Waals surface area contributed by atoms with E-state index in [-0.39, 0.29) is 16.9 Å². The Morgan fingerprint density at radius 2 is 1.41 bits per heavy atom. The smallest absolute Gasteiger partial charge is 0.254 e. The zero-order valence-electron chi connectivity index (χ0n) is 22.9. The minimum Gasteiger partial charge on any atom is -0.497 e. The average molecular weight is 577 g/mol. The van der Waals surface area contributed by atoms with Crippen LogP contribution in [-0.4, -0.2) is 58.9 Å². The van der Waals surface area contributed by atoms with Crippen LogP contribution in [0.15, 0.2) is 89.9 Å². The Bertz CT molecular complexity index is 1540. The molecule has 1 aromatic heterocycles. The van der Waals surface area contributed by atoms with Crippen LogP contribution in [0.2, 0.25) is 0 Å². The molecular weight excluding hydrogens is 544 g/mol. The molecule has 0 radical (unpaired) electrons. The zero-order valence-corrected chi connectivity index (χ0v) is 23.7. The average Bonchev–Trinajstić information content (AvgIpc) is 3.29. The van der Waals surface area contributed by atoms with Gasteiger partial charge in [-0.1, -0.05) is 54.6 Å². The molecule has 41 heavy (non-hydrogen) atoms. The van der Waals surface area contributed by atoms with Gasteiger partial charge in [-0.05, 0) is 60.1 Å². The summed E-state index contributed by atoms with van der Waals surface area (Å²) < 4.78 is 25.3. The van der Waals surface area contributed by atoms with Crippen LogP contribution in [-0.2, 0) is 15.1 Å². The molecule has 10 heteroatoms. The van der Waals surface area contributed by atoms with Gasteiger partial charge in [-0.15, -0.1) is 0 Å². The first kappa shape index (κ1) is 28.7. The van der Waals surface area contributed by atoms with E-state index < -0.39 is 30.1 Å². The Labute approximate surface area is 242 Å². The fraction of sp³-hybridized carbons (Fsp3) is 0.290. The standard InChI is InChI=1S/C31H32N2O7S/c1-19-17-33(30(41)32-28(19)36)29-27(35)26(34)25(40-29)18-39-31(20-7-5-4-6-8-20,21-9-13-23(37-2)14-10-21)22-11-15-24(38-3)16-12-22/h4-17,25-27,29,34-35H,18H2,1-3H3,(H,32,36,41)/t25-,26-,27-,29-/m1/s1. The Morgan fingerprint density at radius 3 is 1.95 bits per heavy atom. The number of hydrogen-bond acceptors (Lipinski definition) is 8. The number of aromatic nitrogens is 2. The number of H-pyrrole nitrogens is 1. The highest BCUT2D eigenvalue weighted by Gasteiger charge is 2.46. The van der Waals surface area contributed by atoms with Crippen LogP contribution >= 0.6 is 12.2 Å². The van der Waals surface area contributed by atoms with Crippen LogP contribution in [0.3, 0.4) is 0 Å². The molecule has 1 fully saturated rings. The Morgan fingerprint density at radius 1 is 0.878 bits per heavy atom. The van der Waals surface area contributed by atoms with E-state index in [1.54, 1.807) is 21.1 Å². The molecule has 1 aliphatic rings. The minimum absolute atomic E-state index is 0.0773. The Kier molecular flexibility index (Phi) is 8.39. The van der Waals surface area contributed by atoms with Crippen molar-refractivity contribution in [3.63, 3.8) is 0 Å². The van der Waals surface area contributed by atoms with Crippen molar-refractivity contribution < 1.29 is 29.2 Å². The molecule has 214 valence electrons. The first-order valence-corrected chi connectivity index (χ1v) is 13.5. The molecule has 5 rings (SSSR count). The normalized spacial score (nSPS) is 20.6. The summed E-state index contributed by atoms with van der Waals surface area (Å²) >= 11 is 5.31. The van der Waals surface area contributed by atoms with Crippen molar-refractivity contribution in [3.05, 3.63) is 122 Å². The van der Waals surface area contributed by atoms with Crippen LogP contribution in [0.25, 0.3) is 0 Å². The van der Waals surface area contributed by atoms with Gasteiger partial charge in [0.15, 0.2) is 11.0 Å². The molecule has 0 unspecified atom stereocenters. The number of aromatic amines is 1. The van der Waals surface area contributed by atoms with Crippen molar-refractivity contribution in [2.45, 2.75) is 37.1 Å². The van der Waals surface area contributed by atoms with Crippen LogP contribution in [0, 0.1) is 11.7 Å². The molecule has 0 spiro atoms. The van der Waals surface area contributed by atoms with Gasteiger partial charge in [-0.2, -0.15) is 0 Å². The van der Waals surface area contributed by atoms with Gasteiger partial charge in [0, 0.05) is 11.8 Å². The lowest BCUT2D eigenvalue weighted by Gasteiger charge is -2.37. The van der Waals surface area contributed by atoms with Gasteiger partial charge < -0.3 is 29.2 Å². The minimum atomic E-state index is -1.31. The molecule has 9 nitrogen and oxygen atoms in total. The van der Waals surface area contributed by atoms with Gasteiger partial charge in [-0.3, -0.25) is 14.3 Å². The molecule has 4 aromatic rings. The van der Waals surface area contributed by atoms with Crippen molar-refractivity contribution in [2.75, 3.05) is 20.8 Å². The highest BCUT2D eigenvalue weighted by atomic mass is 32.1. The van der Waals surface area contributed by atoms with Gasteiger partial charge in [0.2, 0.25) is 0 Å². The van der Waals surface area contributed by atoms with Crippen molar-refractivity contribution in [1.29, 1.82) is 0 Å². The number of rotatable bonds is 9. The molecule has 0 saturated carbocycles. The monoisotopic (exact) mass is 576 g/mol. The van der Waals surface area contributed by atoms with Gasteiger partial charge in [-0.25, -0.2) is 0 Å². The number of ether oxygens (including phenoxy) is 4. The van der Waals surface area contributed by atoms with Crippen molar-refractivity contribution >= 4 is 12.2 Å². The summed E-state index contributed by atoms with van der Waals surface area (Å²) in [5, 5.41) is 22.0. The van der Waals surface area contributed by atoms with E-state index in [0.29, 0.717) is 17.1 Å². The van der Waals surface area contributed by atoms with Crippen molar-refractivity contribution in [1.82, 2.24) is 9.55 Å². The van der Waals surface area contributed by atoms with E-state index >= 15 is 0 Å². The first-order chi connectivity index (χ1) is 19.8. The summed E-state index contributed by atoms with van der Waals surface area (Å²) in [5.74, 6) is 1.39. The third-order valence-corrected chi connectivity index (χ3v) is 7.71. The van der Waals surface area contributed by atoms with E-state index in [0.717, 1.165) is 16.7 Å². The maximum absolute atomic E-state index is 12.0. The number of methoxy groups -OCH3 is 2. The summed E-state index contributed by atoms with van der Waals surface area (Å²) in [6.07, 6.45) is -3.02. The van der Waals surface area contributed by atoms with E-state index in [1.807, 2.05) is 78.9 Å². The molecule has 1 aliphatic heterocycles. The van der Waals surface area contributed by atoms with Gasteiger partial charge in [0.25, 0.3) is 5.56 Å². The molecule has 3 N–H and O–H groups in total. The van der Waals surface area contributed by atoms with Crippen molar-refractivity contribution in [2.24, 2.45) is 0 Å². The summed E-state index contributed by atoms with van der Waals surface area (Å²) in [4.78, 5) is 14.6. The fourth-order valence-electron chi connectivity index (χ4n) is 5.15. The highest BCUT2D eigenvalue weighted by molar-refractivity contribution is 7.71. The quantitative estimate of drug-likeness (QED) is 0.203. The fourth-order valence-corrected chi connectivity index (χ4v) is 5.40. The molecule has 1 saturated heterocycles. The second-order valence-electron chi connectivity index (χ2n) is 9.84. The number of aliphatic hydroxyl groups is 2. The molecular formula is C31H32N2O7S. The maximum Gasteiger partial charge on any atom is 0.254 e. The highest BCUT2D eigenvalue weighted by Crippen LogP contribution is 2.42. The predicted molar refractivity (Wildman–Crippen MR) is 155 cm³/mol. The predicted octanol–water partition coefficient (Wildman–Crippen LogP) is 3.86. The maximum atomic E-state index is 12.0. The van der Waals surface area contributed by atoms with Crippen molar-refractivity contribution in [3.8, 4) is 11.5 Å². The van der Waals surface area contributed by atoms with Gasteiger partial charge >= 0.3 is 0 Å². The molecule has 0 bridgehead atoms. The van der Waals surface area contributed by atoms with Crippen LogP contribution in [0.1, 0.15) is 28.5 Å². The molecule has 3 aromatic carbocycles. The summed E-state index contributed by atoms with van der Waals surface area (Å²) in [7, 11) is 3.21. The van der Waals surface area contributed by atoms with E-state index in [9.17, 15) is 15.0 Å². The third-order valence-electron chi connectivity index (χ3n) is 7.39. The second kappa shape index (κ2) is 12.0. The largest absolute Gasteiger partial charge is 0.497 e. The van der Waals surface area contributed by atoms with Crippen LogP contribution < -0.4 is 15.0 Å². The number of benzene rings is 3. The van der Waals surface area contributed by atoms with Gasteiger partial charge in [0.1, 0.15) is 35.4 Å². The number of aryl methyl sites for hydroxylation is 1. The van der Waals surface area contributed by atoms with E-state index in [1.165, 1.54) is 10.8 Å². The molecule has 4 atom stereocenters. The SMILES string of the molecule is COc1ccc(C(OC[C@H]2O[C@@H](n3cc(C)c(=O)[nH]c3=S)[C@H](O)[C@@H]2O)(c2ccccc2)c2ccc(OC)cc2)cc1. The third kappa shape index (κ3) is 5.44. The molecule has 0 aliphatic carbocycles. The second-order valence-corrected chi connectivity index (χ2v) is 10.2. The molecule has 2 heterocycles. The van der Waals surface area contributed by atoms with Gasteiger partial charge in [0.05, 0.1) is 20.8 Å². The van der Waals surface area contributed by atoms with Crippen LogP contribution in [0.4, 0.5) is 0 Å². The number of nitrogens with one attached hydrogen (secondary N) is 1. The summed E-state index contributed by atoms with van der Waals surface area (Å²) in [6.45, 7) is 1.54. The number of hydrogen-bond donors (Lipinski definition) is 3. The summed E-state index contributed by atoms with van der Waals surface area (Å²) in [5.41, 5.74) is 1.42. The number of aliphatic hydroxyl groups excluding tert-OH is 2. The lowest BCUT2D eigenvalue weighted by molar-refractivity contribution is -0.0955. The first-order valence-electron chi connectivity index (χ1n) is 13.1. The number of nitrogens with zero attached hydrogens (tertiary/aromatic N) is 1.